The van der Waals surface area contributed by atoms with Crippen molar-refractivity contribution >= 4 is 11.8 Å². The van der Waals surface area contributed by atoms with Gasteiger partial charge in [0.25, 0.3) is 0 Å². The Kier molecular flexibility index (Phi) is 4.89. The summed E-state index contributed by atoms with van der Waals surface area (Å²) in [4.78, 5) is 1.36. The van der Waals surface area contributed by atoms with Crippen molar-refractivity contribution in [3.63, 3.8) is 0 Å². The summed E-state index contributed by atoms with van der Waals surface area (Å²) in [7, 11) is 0. The van der Waals surface area contributed by atoms with Crippen LogP contribution in [0.4, 0.5) is 0 Å². The van der Waals surface area contributed by atoms with Crippen molar-refractivity contribution in [2.75, 3.05) is 13.2 Å². The van der Waals surface area contributed by atoms with Gasteiger partial charge in [-0.1, -0.05) is 26.0 Å². The van der Waals surface area contributed by atoms with Gasteiger partial charge in [0.1, 0.15) is 0 Å². The topological polar surface area (TPSA) is 21.3 Å². The lowest BCUT2D eigenvalue weighted by atomic mass is 10.2. The van der Waals surface area contributed by atoms with Crippen molar-refractivity contribution in [1.29, 1.82) is 0 Å². The molecule has 1 heterocycles. The molecule has 17 heavy (non-hydrogen) atoms. The highest BCUT2D eigenvalue weighted by atomic mass is 32.2. The molecule has 1 N–H and O–H groups in total. The third-order valence-electron chi connectivity index (χ3n) is 2.83. The molecule has 0 aromatic heterocycles. The first-order valence-corrected chi connectivity index (χ1v) is 7.19. The van der Waals surface area contributed by atoms with E-state index in [4.69, 9.17) is 4.74 Å². The third kappa shape index (κ3) is 4.34. The summed E-state index contributed by atoms with van der Waals surface area (Å²) in [5.74, 6) is 0. The molecule has 0 radical (unpaired) electrons. The lowest BCUT2D eigenvalue weighted by Gasteiger charge is -2.10. The zero-order valence-electron chi connectivity index (χ0n) is 10.6. The Bertz CT molecular complexity index is 331. The maximum absolute atomic E-state index is 5.39. The van der Waals surface area contributed by atoms with E-state index in [1.54, 1.807) is 0 Å². The molecule has 1 unspecified atom stereocenters. The van der Waals surface area contributed by atoms with Gasteiger partial charge < -0.3 is 10.1 Å². The van der Waals surface area contributed by atoms with Gasteiger partial charge in [0, 0.05) is 29.3 Å². The Hall–Kier alpha value is -0.510. The summed E-state index contributed by atoms with van der Waals surface area (Å²) in [5.41, 5.74) is 1.35. The number of thioether (sulfide) groups is 1. The number of benzene rings is 1. The van der Waals surface area contributed by atoms with Crippen molar-refractivity contribution in [3.05, 3.63) is 29.8 Å². The number of ether oxygens (including phenoxy) is 1. The second-order valence-electron chi connectivity index (χ2n) is 4.78. The molecule has 1 aromatic rings. The molecule has 1 aliphatic heterocycles. The van der Waals surface area contributed by atoms with E-state index in [9.17, 15) is 0 Å². The molecule has 0 saturated carbocycles. The highest BCUT2D eigenvalue weighted by Gasteiger charge is 2.16. The van der Waals surface area contributed by atoms with Gasteiger partial charge in [-0.25, -0.2) is 0 Å². The van der Waals surface area contributed by atoms with E-state index in [1.807, 2.05) is 11.8 Å². The van der Waals surface area contributed by atoms with E-state index in [1.165, 1.54) is 16.9 Å². The molecule has 1 saturated heterocycles. The van der Waals surface area contributed by atoms with Crippen molar-refractivity contribution in [2.24, 2.45) is 0 Å². The molecule has 0 spiro atoms. The fourth-order valence-corrected chi connectivity index (χ4v) is 2.86. The van der Waals surface area contributed by atoms with Crippen LogP contribution in [0.25, 0.3) is 0 Å². The van der Waals surface area contributed by atoms with Crippen LogP contribution < -0.4 is 5.32 Å². The smallest absolute Gasteiger partial charge is 0.0589 e. The van der Waals surface area contributed by atoms with Gasteiger partial charge in [-0.15, -0.1) is 11.8 Å². The van der Waals surface area contributed by atoms with Crippen LogP contribution in [0.3, 0.4) is 0 Å². The van der Waals surface area contributed by atoms with E-state index >= 15 is 0 Å². The van der Waals surface area contributed by atoms with Crippen LogP contribution in [0.5, 0.6) is 0 Å². The quantitative estimate of drug-likeness (QED) is 0.869. The monoisotopic (exact) mass is 251 g/mol. The van der Waals surface area contributed by atoms with Crippen LogP contribution in [0.2, 0.25) is 0 Å². The highest BCUT2D eigenvalue weighted by molar-refractivity contribution is 8.00. The molecule has 3 heteroatoms. The molecule has 0 aliphatic carbocycles. The molecule has 2 rings (SSSR count). The maximum atomic E-state index is 5.39. The Labute approximate surface area is 108 Å². The molecule has 1 aromatic carbocycles. The first kappa shape index (κ1) is 12.9. The average molecular weight is 251 g/mol. The number of rotatable bonds is 5. The summed E-state index contributed by atoms with van der Waals surface area (Å²) in [6.07, 6.45) is 1.18. The summed E-state index contributed by atoms with van der Waals surface area (Å²) < 4.78 is 5.39. The third-order valence-corrected chi connectivity index (χ3v) is 4.08. The second kappa shape index (κ2) is 6.43. The van der Waals surface area contributed by atoms with Crippen molar-refractivity contribution < 1.29 is 4.74 Å². The predicted molar refractivity (Wildman–Crippen MR) is 73.5 cm³/mol. The molecular weight excluding hydrogens is 230 g/mol. The van der Waals surface area contributed by atoms with E-state index in [-0.39, 0.29) is 0 Å². The van der Waals surface area contributed by atoms with Crippen LogP contribution in [0, 0.1) is 0 Å². The molecule has 94 valence electrons. The fourth-order valence-electron chi connectivity index (χ4n) is 1.81. The van der Waals surface area contributed by atoms with Crippen LogP contribution in [-0.2, 0) is 11.3 Å². The fraction of sp³-hybridized carbons (Fsp3) is 0.571. The minimum absolute atomic E-state index is 0.541. The van der Waals surface area contributed by atoms with Gasteiger partial charge >= 0.3 is 0 Å². The molecule has 0 bridgehead atoms. The van der Waals surface area contributed by atoms with Gasteiger partial charge in [-0.2, -0.15) is 0 Å². The normalized spacial score (nSPS) is 20.1. The largest absolute Gasteiger partial charge is 0.380 e. The summed E-state index contributed by atoms with van der Waals surface area (Å²) in [5, 5.41) is 4.08. The van der Waals surface area contributed by atoms with Gasteiger partial charge in [-0.05, 0) is 24.1 Å². The maximum Gasteiger partial charge on any atom is 0.0589 e. The lowest BCUT2D eigenvalue weighted by molar-refractivity contribution is 0.199. The molecule has 2 nitrogen and oxygen atoms in total. The standard InChI is InChI=1S/C14H21NOS/c1-11(2)15-9-12-3-5-13(6-4-12)17-14-7-8-16-10-14/h3-6,11,14-15H,7-10H2,1-2H3. The average Bonchev–Trinajstić information content (AvgIpc) is 2.81. The van der Waals surface area contributed by atoms with E-state index in [0.29, 0.717) is 11.3 Å². The van der Waals surface area contributed by atoms with Crippen LogP contribution in [0.1, 0.15) is 25.8 Å². The Balaban J connectivity index is 1.84. The van der Waals surface area contributed by atoms with E-state index < -0.39 is 0 Å². The first-order valence-electron chi connectivity index (χ1n) is 6.31. The van der Waals surface area contributed by atoms with Gasteiger partial charge in [0.05, 0.1) is 6.61 Å². The van der Waals surface area contributed by atoms with Crippen molar-refractivity contribution in [1.82, 2.24) is 5.32 Å². The van der Waals surface area contributed by atoms with Crippen molar-refractivity contribution in [3.8, 4) is 0 Å². The summed E-state index contributed by atoms with van der Waals surface area (Å²) >= 11 is 1.94. The molecule has 1 aliphatic rings. The van der Waals surface area contributed by atoms with Gasteiger partial charge in [0.15, 0.2) is 0 Å². The zero-order valence-corrected chi connectivity index (χ0v) is 11.4. The van der Waals surface area contributed by atoms with E-state index in [2.05, 4.69) is 43.4 Å². The Morgan fingerprint density at radius 3 is 2.71 bits per heavy atom. The minimum atomic E-state index is 0.541. The molecular formula is C14H21NOS. The highest BCUT2D eigenvalue weighted by Crippen LogP contribution is 2.28. The molecule has 1 fully saturated rings. The van der Waals surface area contributed by atoms with Crippen LogP contribution in [0.15, 0.2) is 29.2 Å². The van der Waals surface area contributed by atoms with Crippen LogP contribution >= 0.6 is 11.8 Å². The molecule has 0 amide bonds. The second-order valence-corrected chi connectivity index (χ2v) is 6.16. The predicted octanol–water partition coefficient (Wildman–Crippen LogP) is 3.07. The van der Waals surface area contributed by atoms with Crippen LogP contribution in [-0.4, -0.2) is 24.5 Å². The summed E-state index contributed by atoms with van der Waals surface area (Å²) in [6, 6.07) is 9.42. The number of hydrogen-bond donors (Lipinski definition) is 1. The van der Waals surface area contributed by atoms with Gasteiger partial charge in [0.2, 0.25) is 0 Å². The minimum Gasteiger partial charge on any atom is -0.380 e. The SMILES string of the molecule is CC(C)NCc1ccc(SC2CCOC2)cc1. The first-order chi connectivity index (χ1) is 8.24. The summed E-state index contributed by atoms with van der Waals surface area (Å²) in [6.45, 7) is 7.12. The number of hydrogen-bond acceptors (Lipinski definition) is 3. The number of nitrogens with one attached hydrogen (secondary N) is 1. The lowest BCUT2D eigenvalue weighted by Crippen LogP contribution is -2.21. The zero-order chi connectivity index (χ0) is 12.1. The molecule has 1 atom stereocenters. The van der Waals surface area contributed by atoms with Crippen molar-refractivity contribution in [2.45, 2.75) is 43.0 Å². The Morgan fingerprint density at radius 1 is 1.35 bits per heavy atom. The van der Waals surface area contributed by atoms with Gasteiger partial charge in [-0.3, -0.25) is 0 Å². The van der Waals surface area contributed by atoms with E-state index in [0.717, 1.165) is 19.8 Å². The Morgan fingerprint density at radius 2 is 2.12 bits per heavy atom.